The fraction of sp³-hybridized carbons (Fsp3) is 0.385. The van der Waals surface area contributed by atoms with Crippen LogP contribution in [0.25, 0.3) is 10.9 Å². The molecule has 1 aromatic carbocycles. The van der Waals surface area contributed by atoms with Gasteiger partial charge in [-0.15, -0.1) is 0 Å². The number of amides is 1. The number of nitrogens with one attached hydrogen (secondary N) is 2. The highest BCUT2D eigenvalue weighted by Gasteiger charge is 2.33. The first kappa shape index (κ1) is 10.3. The molecule has 1 fully saturated rings. The molecule has 3 rings (SSSR count). The first-order valence-electron chi connectivity index (χ1n) is 5.92. The van der Waals surface area contributed by atoms with Crippen LogP contribution in [0.5, 0.6) is 0 Å². The Morgan fingerprint density at radius 1 is 1.47 bits per heavy atom. The molecule has 1 saturated carbocycles. The van der Waals surface area contributed by atoms with Gasteiger partial charge < -0.3 is 5.32 Å². The number of carbonyl (C=O) groups is 1. The van der Waals surface area contributed by atoms with Crippen LogP contribution in [0.2, 0.25) is 0 Å². The van der Waals surface area contributed by atoms with Crippen molar-refractivity contribution in [3.63, 3.8) is 0 Å². The van der Waals surface area contributed by atoms with Crippen molar-refractivity contribution < 1.29 is 4.79 Å². The quantitative estimate of drug-likeness (QED) is 0.829. The number of carbonyl (C=O) groups excluding carboxylic acids is 1. The van der Waals surface area contributed by atoms with Crippen molar-refractivity contribution >= 4 is 16.8 Å². The first-order chi connectivity index (χ1) is 8.16. The van der Waals surface area contributed by atoms with Crippen LogP contribution in [-0.2, 0) is 0 Å². The lowest BCUT2D eigenvalue weighted by Crippen LogP contribution is -2.50. The Hall–Kier alpha value is -1.84. The highest BCUT2D eigenvalue weighted by Crippen LogP contribution is 2.31. The second-order valence-corrected chi connectivity index (χ2v) is 5.04. The third kappa shape index (κ3) is 1.79. The highest BCUT2D eigenvalue weighted by atomic mass is 16.1. The zero-order valence-electron chi connectivity index (χ0n) is 9.79. The minimum absolute atomic E-state index is 0.00242. The third-order valence-corrected chi connectivity index (χ3v) is 3.57. The fourth-order valence-electron chi connectivity index (χ4n) is 2.26. The number of aromatic amines is 1. The van der Waals surface area contributed by atoms with Crippen LogP contribution in [0, 0.1) is 0 Å². The molecule has 4 nitrogen and oxygen atoms in total. The second kappa shape index (κ2) is 3.58. The largest absolute Gasteiger partial charge is 0.347 e. The second-order valence-electron chi connectivity index (χ2n) is 5.04. The van der Waals surface area contributed by atoms with Crippen LogP contribution in [0.3, 0.4) is 0 Å². The molecular weight excluding hydrogens is 214 g/mol. The Balaban J connectivity index is 1.84. The van der Waals surface area contributed by atoms with E-state index in [2.05, 4.69) is 22.4 Å². The molecule has 17 heavy (non-hydrogen) atoms. The number of nitrogens with zero attached hydrogens (tertiary/aromatic N) is 1. The van der Waals surface area contributed by atoms with Gasteiger partial charge in [-0.3, -0.25) is 9.89 Å². The maximum Gasteiger partial charge on any atom is 0.251 e. The number of benzene rings is 1. The smallest absolute Gasteiger partial charge is 0.251 e. The molecule has 0 aliphatic heterocycles. The molecule has 0 bridgehead atoms. The van der Waals surface area contributed by atoms with E-state index in [9.17, 15) is 4.79 Å². The van der Waals surface area contributed by atoms with E-state index in [-0.39, 0.29) is 11.4 Å². The van der Waals surface area contributed by atoms with Crippen LogP contribution in [0.1, 0.15) is 36.5 Å². The summed E-state index contributed by atoms with van der Waals surface area (Å²) in [5.41, 5.74) is 1.66. The van der Waals surface area contributed by atoms with Crippen molar-refractivity contribution in [3.05, 3.63) is 30.0 Å². The van der Waals surface area contributed by atoms with Gasteiger partial charge in [0.2, 0.25) is 0 Å². The lowest BCUT2D eigenvalue weighted by Gasteiger charge is -2.39. The van der Waals surface area contributed by atoms with Crippen LogP contribution >= 0.6 is 0 Å². The van der Waals surface area contributed by atoms with E-state index in [0.29, 0.717) is 5.56 Å². The predicted octanol–water partition coefficient (Wildman–Crippen LogP) is 2.24. The molecule has 0 saturated heterocycles. The maximum absolute atomic E-state index is 12.1. The summed E-state index contributed by atoms with van der Waals surface area (Å²) in [6.07, 6.45) is 5.09. The van der Waals surface area contributed by atoms with E-state index in [0.717, 1.165) is 23.7 Å². The van der Waals surface area contributed by atoms with E-state index in [4.69, 9.17) is 0 Å². The van der Waals surface area contributed by atoms with E-state index in [1.807, 2.05) is 18.2 Å². The molecule has 0 atom stereocenters. The topological polar surface area (TPSA) is 57.8 Å². The van der Waals surface area contributed by atoms with Crippen molar-refractivity contribution in [1.82, 2.24) is 15.5 Å². The first-order valence-corrected chi connectivity index (χ1v) is 5.92. The Morgan fingerprint density at radius 3 is 3.00 bits per heavy atom. The summed E-state index contributed by atoms with van der Waals surface area (Å²) in [5.74, 6) is 0.00954. The van der Waals surface area contributed by atoms with E-state index in [1.54, 1.807) is 6.20 Å². The monoisotopic (exact) mass is 229 g/mol. The average molecular weight is 229 g/mol. The van der Waals surface area contributed by atoms with Gasteiger partial charge in [0.05, 0.1) is 11.7 Å². The van der Waals surface area contributed by atoms with Gasteiger partial charge >= 0.3 is 0 Å². The molecule has 1 heterocycles. The van der Waals surface area contributed by atoms with Gasteiger partial charge in [-0.25, -0.2) is 0 Å². The minimum atomic E-state index is 0.00242. The lowest BCUT2D eigenvalue weighted by molar-refractivity contribution is 0.0850. The summed E-state index contributed by atoms with van der Waals surface area (Å²) in [5, 5.41) is 10.9. The predicted molar refractivity (Wildman–Crippen MR) is 65.8 cm³/mol. The number of fused-ring (bicyclic) bond motifs is 1. The van der Waals surface area contributed by atoms with Gasteiger partial charge in [-0.05, 0) is 44.4 Å². The van der Waals surface area contributed by atoms with Gasteiger partial charge in [0.1, 0.15) is 0 Å². The van der Waals surface area contributed by atoms with E-state index in [1.165, 1.54) is 6.42 Å². The summed E-state index contributed by atoms with van der Waals surface area (Å²) in [6, 6.07) is 5.59. The number of hydrogen-bond donors (Lipinski definition) is 2. The molecule has 88 valence electrons. The Bertz CT molecular complexity index is 569. The van der Waals surface area contributed by atoms with Crippen molar-refractivity contribution in [1.29, 1.82) is 0 Å². The molecule has 1 aromatic heterocycles. The minimum Gasteiger partial charge on any atom is -0.347 e. The zero-order chi connectivity index (χ0) is 11.9. The van der Waals surface area contributed by atoms with Gasteiger partial charge in [-0.1, -0.05) is 0 Å². The fourth-order valence-corrected chi connectivity index (χ4v) is 2.26. The van der Waals surface area contributed by atoms with Gasteiger partial charge in [0.25, 0.3) is 5.91 Å². The standard InChI is InChI=1S/C13H15N3O/c1-13(5-2-6-13)15-12(17)9-3-4-11-10(7-9)8-14-16-11/h3-4,7-8H,2,5-6H2,1H3,(H,14,16)(H,15,17). The van der Waals surface area contributed by atoms with Crippen molar-refractivity contribution in [2.45, 2.75) is 31.7 Å². The molecular formula is C13H15N3O. The molecule has 0 radical (unpaired) electrons. The van der Waals surface area contributed by atoms with E-state index >= 15 is 0 Å². The highest BCUT2D eigenvalue weighted by molar-refractivity contribution is 5.98. The molecule has 0 unspecified atom stereocenters. The maximum atomic E-state index is 12.1. The van der Waals surface area contributed by atoms with Crippen molar-refractivity contribution in [2.24, 2.45) is 0 Å². The molecule has 2 aromatic rings. The summed E-state index contributed by atoms with van der Waals surface area (Å²) in [7, 11) is 0. The normalized spacial score (nSPS) is 17.7. The number of H-pyrrole nitrogens is 1. The Kier molecular flexibility index (Phi) is 2.18. The summed E-state index contributed by atoms with van der Waals surface area (Å²) >= 11 is 0. The Morgan fingerprint density at radius 2 is 2.29 bits per heavy atom. The number of hydrogen-bond acceptors (Lipinski definition) is 2. The molecule has 1 amide bonds. The van der Waals surface area contributed by atoms with Crippen molar-refractivity contribution in [3.8, 4) is 0 Å². The summed E-state index contributed by atoms with van der Waals surface area (Å²) in [4.78, 5) is 12.1. The molecule has 1 aliphatic carbocycles. The van der Waals surface area contributed by atoms with Crippen LogP contribution in [-0.4, -0.2) is 21.6 Å². The molecule has 1 aliphatic rings. The SMILES string of the molecule is CC1(NC(=O)c2ccc3[nH]ncc3c2)CCC1. The summed E-state index contributed by atoms with van der Waals surface area (Å²) < 4.78 is 0. The van der Waals surface area contributed by atoms with Crippen LogP contribution in [0.15, 0.2) is 24.4 Å². The lowest BCUT2D eigenvalue weighted by atomic mass is 9.78. The Labute approximate surface area is 99.4 Å². The molecule has 4 heteroatoms. The van der Waals surface area contributed by atoms with Gasteiger partial charge in [0.15, 0.2) is 0 Å². The molecule has 0 spiro atoms. The van der Waals surface area contributed by atoms with Crippen molar-refractivity contribution in [2.75, 3.05) is 0 Å². The number of rotatable bonds is 2. The summed E-state index contributed by atoms with van der Waals surface area (Å²) in [6.45, 7) is 2.10. The zero-order valence-corrected chi connectivity index (χ0v) is 9.79. The van der Waals surface area contributed by atoms with E-state index < -0.39 is 0 Å². The third-order valence-electron chi connectivity index (χ3n) is 3.57. The average Bonchev–Trinajstić information content (AvgIpc) is 2.73. The van der Waals surface area contributed by atoms with Gasteiger partial charge in [-0.2, -0.15) is 5.10 Å². The van der Waals surface area contributed by atoms with Gasteiger partial charge in [0, 0.05) is 16.5 Å². The van der Waals surface area contributed by atoms with Crippen LogP contribution in [0.4, 0.5) is 0 Å². The van der Waals surface area contributed by atoms with Crippen LogP contribution < -0.4 is 5.32 Å². The molecule has 2 N–H and O–H groups in total. The number of aromatic nitrogens is 2.